The molecule has 1 aromatic rings. The van der Waals surface area contributed by atoms with Crippen molar-refractivity contribution in [3.05, 3.63) is 34.7 Å². The summed E-state index contributed by atoms with van der Waals surface area (Å²) in [6.07, 6.45) is 0.673. The van der Waals surface area contributed by atoms with Crippen LogP contribution in [0.5, 0.6) is 0 Å². The van der Waals surface area contributed by atoms with Gasteiger partial charge in [0.15, 0.2) is 4.67 Å². The average molecular weight is 287 g/mol. The molecule has 5 heteroatoms. The first-order valence-corrected chi connectivity index (χ1v) is 5.77. The van der Waals surface area contributed by atoms with Crippen molar-refractivity contribution in [2.75, 3.05) is 13.1 Å². The largest absolute Gasteiger partial charge is 0.454 e. The fraction of sp³-hybridized carbons (Fsp3) is 0.364. The lowest BCUT2D eigenvalue weighted by Crippen LogP contribution is -2.37. The number of hydrogen-bond acceptors (Lipinski definition) is 2. The second-order valence-electron chi connectivity index (χ2n) is 3.52. The van der Waals surface area contributed by atoms with Crippen LogP contribution in [0.2, 0.25) is 0 Å². The lowest BCUT2D eigenvalue weighted by molar-refractivity contribution is 0.241. The summed E-state index contributed by atoms with van der Waals surface area (Å²) in [6, 6.07) is 3.52. The molecule has 4 nitrogen and oxygen atoms in total. The number of halogens is 1. The fourth-order valence-electron chi connectivity index (χ4n) is 1.08. The van der Waals surface area contributed by atoms with Gasteiger partial charge in [0.05, 0.1) is 0 Å². The molecule has 1 aromatic heterocycles. The molecule has 0 aliphatic rings. The summed E-state index contributed by atoms with van der Waals surface area (Å²) in [4.78, 5) is 11.2. The molecule has 2 N–H and O–H groups in total. The number of rotatable bonds is 5. The van der Waals surface area contributed by atoms with Gasteiger partial charge in [-0.1, -0.05) is 12.2 Å². The lowest BCUT2D eigenvalue weighted by Gasteiger charge is -2.06. The first kappa shape index (κ1) is 12.8. The van der Waals surface area contributed by atoms with Crippen LogP contribution < -0.4 is 10.6 Å². The van der Waals surface area contributed by atoms with Crippen LogP contribution >= 0.6 is 15.9 Å². The molecule has 0 aliphatic heterocycles. The van der Waals surface area contributed by atoms with Gasteiger partial charge >= 0.3 is 6.03 Å². The van der Waals surface area contributed by atoms with E-state index in [1.54, 1.807) is 0 Å². The summed E-state index contributed by atoms with van der Waals surface area (Å²) in [5, 5.41) is 5.41. The molecular weight excluding hydrogens is 272 g/mol. The number of nitrogens with one attached hydrogen (secondary N) is 2. The van der Waals surface area contributed by atoms with Crippen LogP contribution in [0.25, 0.3) is 0 Å². The third kappa shape index (κ3) is 5.02. The topological polar surface area (TPSA) is 54.3 Å². The first-order chi connectivity index (χ1) is 7.58. The van der Waals surface area contributed by atoms with Crippen molar-refractivity contribution in [1.29, 1.82) is 0 Å². The Labute approximate surface area is 103 Å². The van der Waals surface area contributed by atoms with Crippen LogP contribution in [0.15, 0.2) is 33.4 Å². The van der Waals surface area contributed by atoms with Gasteiger partial charge in [-0.25, -0.2) is 4.79 Å². The third-order valence-corrected chi connectivity index (χ3v) is 2.26. The number of hydrogen-bond donors (Lipinski definition) is 2. The predicted octanol–water partition coefficient (Wildman–Crippen LogP) is 2.46. The second-order valence-corrected chi connectivity index (χ2v) is 4.30. The Morgan fingerprint density at radius 2 is 2.25 bits per heavy atom. The average Bonchev–Trinajstić information content (AvgIpc) is 2.61. The summed E-state index contributed by atoms with van der Waals surface area (Å²) in [7, 11) is 0. The quantitative estimate of drug-likeness (QED) is 0.817. The minimum absolute atomic E-state index is 0.186. The maximum atomic E-state index is 11.2. The minimum atomic E-state index is -0.186. The summed E-state index contributed by atoms with van der Waals surface area (Å²) in [6.45, 7) is 6.60. The van der Waals surface area contributed by atoms with Gasteiger partial charge in [0.2, 0.25) is 0 Å². The maximum absolute atomic E-state index is 11.2. The molecule has 0 spiro atoms. The fourth-order valence-corrected chi connectivity index (χ4v) is 1.42. The molecule has 0 unspecified atom stereocenters. The Hall–Kier alpha value is -1.23. The normalized spacial score (nSPS) is 9.88. The van der Waals surface area contributed by atoms with Crippen LogP contribution in [0, 0.1) is 0 Å². The van der Waals surface area contributed by atoms with E-state index in [0.717, 1.165) is 11.3 Å². The standard InChI is InChI=1S/C11H15BrN2O2/c1-8(2)7-14-11(15)13-6-5-9-3-4-10(12)16-9/h3-4H,1,5-7H2,2H3,(H2,13,14,15). The van der Waals surface area contributed by atoms with Crippen molar-refractivity contribution in [2.24, 2.45) is 0 Å². The molecule has 1 heterocycles. The van der Waals surface area contributed by atoms with Gasteiger partial charge in [-0.05, 0) is 35.0 Å². The van der Waals surface area contributed by atoms with Crippen LogP contribution in [-0.4, -0.2) is 19.1 Å². The van der Waals surface area contributed by atoms with Crippen molar-refractivity contribution >= 4 is 22.0 Å². The van der Waals surface area contributed by atoms with Gasteiger partial charge in [-0.2, -0.15) is 0 Å². The van der Waals surface area contributed by atoms with E-state index in [-0.39, 0.29) is 6.03 Å². The Morgan fingerprint density at radius 1 is 1.50 bits per heavy atom. The molecular formula is C11H15BrN2O2. The smallest absolute Gasteiger partial charge is 0.315 e. The van der Waals surface area contributed by atoms with Crippen molar-refractivity contribution in [1.82, 2.24) is 10.6 Å². The number of carbonyl (C=O) groups is 1. The molecule has 0 aromatic carbocycles. The highest BCUT2D eigenvalue weighted by atomic mass is 79.9. The molecule has 88 valence electrons. The number of amides is 2. The zero-order valence-corrected chi connectivity index (χ0v) is 10.8. The predicted molar refractivity (Wildman–Crippen MR) is 66.3 cm³/mol. The molecule has 1 rings (SSSR count). The molecule has 0 radical (unpaired) electrons. The molecule has 0 fully saturated rings. The second kappa shape index (κ2) is 6.37. The Morgan fingerprint density at radius 3 is 2.81 bits per heavy atom. The van der Waals surface area contributed by atoms with E-state index in [1.807, 2.05) is 19.1 Å². The minimum Gasteiger partial charge on any atom is -0.454 e. The Balaban J connectivity index is 2.15. The van der Waals surface area contributed by atoms with E-state index < -0.39 is 0 Å². The van der Waals surface area contributed by atoms with E-state index in [9.17, 15) is 4.79 Å². The number of urea groups is 1. The maximum Gasteiger partial charge on any atom is 0.315 e. The van der Waals surface area contributed by atoms with Crippen LogP contribution in [0.3, 0.4) is 0 Å². The SMILES string of the molecule is C=C(C)CNC(=O)NCCc1ccc(Br)o1. The lowest BCUT2D eigenvalue weighted by atomic mass is 10.3. The molecule has 0 atom stereocenters. The molecule has 0 aliphatic carbocycles. The van der Waals surface area contributed by atoms with E-state index in [1.165, 1.54) is 0 Å². The Bertz CT molecular complexity index is 374. The zero-order valence-electron chi connectivity index (χ0n) is 9.18. The monoisotopic (exact) mass is 286 g/mol. The van der Waals surface area contributed by atoms with Crippen molar-refractivity contribution < 1.29 is 9.21 Å². The summed E-state index contributed by atoms with van der Waals surface area (Å²) < 4.78 is 6.00. The zero-order chi connectivity index (χ0) is 12.0. The summed E-state index contributed by atoms with van der Waals surface area (Å²) in [5.41, 5.74) is 0.921. The highest BCUT2D eigenvalue weighted by Crippen LogP contribution is 2.13. The van der Waals surface area contributed by atoms with Crippen LogP contribution in [0.1, 0.15) is 12.7 Å². The Kier molecular flexibility index (Phi) is 5.11. The molecule has 0 saturated heterocycles. The third-order valence-electron chi connectivity index (χ3n) is 1.84. The van der Waals surface area contributed by atoms with Crippen molar-refractivity contribution in [3.8, 4) is 0 Å². The number of furan rings is 1. The van der Waals surface area contributed by atoms with E-state index in [2.05, 4.69) is 33.1 Å². The van der Waals surface area contributed by atoms with Gasteiger partial charge in [0.25, 0.3) is 0 Å². The van der Waals surface area contributed by atoms with E-state index in [4.69, 9.17) is 4.42 Å². The van der Waals surface area contributed by atoms with Gasteiger partial charge in [-0.15, -0.1) is 0 Å². The van der Waals surface area contributed by atoms with Gasteiger partial charge in [0, 0.05) is 19.5 Å². The van der Waals surface area contributed by atoms with Crippen LogP contribution in [0.4, 0.5) is 4.79 Å². The van der Waals surface area contributed by atoms with Crippen LogP contribution in [-0.2, 0) is 6.42 Å². The molecule has 0 saturated carbocycles. The highest BCUT2D eigenvalue weighted by molar-refractivity contribution is 9.10. The van der Waals surface area contributed by atoms with Crippen molar-refractivity contribution in [2.45, 2.75) is 13.3 Å². The first-order valence-electron chi connectivity index (χ1n) is 4.98. The van der Waals surface area contributed by atoms with Gasteiger partial charge in [0.1, 0.15) is 5.76 Å². The number of carbonyl (C=O) groups excluding carboxylic acids is 1. The molecule has 16 heavy (non-hydrogen) atoms. The van der Waals surface area contributed by atoms with Crippen molar-refractivity contribution in [3.63, 3.8) is 0 Å². The van der Waals surface area contributed by atoms with E-state index >= 15 is 0 Å². The van der Waals surface area contributed by atoms with Gasteiger partial charge in [-0.3, -0.25) is 0 Å². The van der Waals surface area contributed by atoms with E-state index in [0.29, 0.717) is 24.2 Å². The molecule has 0 bridgehead atoms. The summed E-state index contributed by atoms with van der Waals surface area (Å²) >= 11 is 3.22. The highest BCUT2D eigenvalue weighted by Gasteiger charge is 2.01. The van der Waals surface area contributed by atoms with Gasteiger partial charge < -0.3 is 15.1 Å². The molecule has 2 amide bonds. The summed E-state index contributed by atoms with van der Waals surface area (Å²) in [5.74, 6) is 0.840.